The summed E-state index contributed by atoms with van der Waals surface area (Å²) in [7, 11) is -0.516. The second-order valence-electron chi connectivity index (χ2n) is 5.53. The van der Waals surface area contributed by atoms with Crippen molar-refractivity contribution in [2.75, 3.05) is 26.1 Å². The van der Waals surface area contributed by atoms with Gasteiger partial charge in [0.2, 0.25) is 15.9 Å². The van der Waals surface area contributed by atoms with Gasteiger partial charge in [0.1, 0.15) is 11.5 Å². The Kier molecular flexibility index (Phi) is 6.59. The van der Waals surface area contributed by atoms with Gasteiger partial charge in [-0.3, -0.25) is 4.79 Å². The number of hydrogen-bond acceptors (Lipinski definition) is 5. The van der Waals surface area contributed by atoms with Gasteiger partial charge in [-0.05, 0) is 54.4 Å². The Labute approximate surface area is 153 Å². The van der Waals surface area contributed by atoms with Crippen molar-refractivity contribution >= 4 is 21.6 Å². The van der Waals surface area contributed by atoms with Crippen LogP contribution in [0.4, 0.5) is 5.69 Å². The maximum absolute atomic E-state index is 12.4. The molecule has 0 atom stereocenters. The first-order valence-corrected chi connectivity index (χ1v) is 9.42. The van der Waals surface area contributed by atoms with E-state index in [0.29, 0.717) is 23.6 Å². The first-order chi connectivity index (χ1) is 12.4. The van der Waals surface area contributed by atoms with E-state index in [1.54, 1.807) is 38.5 Å². The molecule has 2 aromatic rings. The maximum Gasteiger partial charge on any atom is 0.240 e. The minimum Gasteiger partial charge on any atom is -0.497 e. The van der Waals surface area contributed by atoms with Gasteiger partial charge >= 0.3 is 0 Å². The number of amides is 1. The second kappa shape index (κ2) is 8.68. The quantitative estimate of drug-likeness (QED) is 0.734. The monoisotopic (exact) mass is 378 g/mol. The molecule has 0 heterocycles. The zero-order valence-corrected chi connectivity index (χ0v) is 15.7. The van der Waals surface area contributed by atoms with Crippen molar-refractivity contribution in [1.82, 2.24) is 4.72 Å². The lowest BCUT2D eigenvalue weighted by molar-refractivity contribution is -0.114. The fraction of sp³-hybridized carbons (Fsp3) is 0.278. The standard InChI is InChI=1S/C18H22N2O5S/c1-13(21)20-15-4-7-17(8-5-15)26(22,23)19-11-10-14-12-16(24-2)6-9-18(14)25-3/h4-9,12,19H,10-11H2,1-3H3,(H,20,21). The SMILES string of the molecule is COc1ccc(OC)c(CCNS(=O)(=O)c2ccc(NC(C)=O)cc2)c1. The average molecular weight is 378 g/mol. The normalized spacial score (nSPS) is 11.0. The van der Waals surface area contributed by atoms with Crippen LogP contribution in [0.1, 0.15) is 12.5 Å². The second-order valence-corrected chi connectivity index (χ2v) is 7.30. The van der Waals surface area contributed by atoms with E-state index in [2.05, 4.69) is 10.0 Å². The van der Waals surface area contributed by atoms with E-state index in [-0.39, 0.29) is 17.3 Å². The molecule has 2 rings (SSSR count). The molecule has 8 heteroatoms. The van der Waals surface area contributed by atoms with Crippen molar-refractivity contribution < 1.29 is 22.7 Å². The first-order valence-electron chi connectivity index (χ1n) is 7.94. The predicted octanol–water partition coefficient (Wildman–Crippen LogP) is 2.18. The van der Waals surface area contributed by atoms with E-state index in [1.165, 1.54) is 19.1 Å². The number of rotatable bonds is 8. The van der Waals surface area contributed by atoms with Crippen LogP contribution in [-0.2, 0) is 21.2 Å². The van der Waals surface area contributed by atoms with Gasteiger partial charge in [-0.1, -0.05) is 0 Å². The molecule has 2 aromatic carbocycles. The minimum atomic E-state index is -3.65. The lowest BCUT2D eigenvalue weighted by Gasteiger charge is -2.11. The third kappa shape index (κ3) is 5.21. The van der Waals surface area contributed by atoms with E-state index in [0.717, 1.165) is 5.56 Å². The van der Waals surface area contributed by atoms with E-state index in [4.69, 9.17) is 9.47 Å². The van der Waals surface area contributed by atoms with Crippen LogP contribution in [0.15, 0.2) is 47.4 Å². The Hall–Kier alpha value is -2.58. The number of anilines is 1. The molecule has 140 valence electrons. The highest BCUT2D eigenvalue weighted by atomic mass is 32.2. The van der Waals surface area contributed by atoms with Gasteiger partial charge in [0.05, 0.1) is 19.1 Å². The van der Waals surface area contributed by atoms with Crippen LogP contribution in [0.2, 0.25) is 0 Å². The molecular weight excluding hydrogens is 356 g/mol. The Morgan fingerprint density at radius 1 is 1.04 bits per heavy atom. The van der Waals surface area contributed by atoms with Crippen LogP contribution >= 0.6 is 0 Å². The number of benzene rings is 2. The highest BCUT2D eigenvalue weighted by molar-refractivity contribution is 7.89. The summed E-state index contributed by atoms with van der Waals surface area (Å²) in [5.41, 5.74) is 1.38. The van der Waals surface area contributed by atoms with Crippen molar-refractivity contribution in [1.29, 1.82) is 0 Å². The van der Waals surface area contributed by atoms with Crippen molar-refractivity contribution in [2.45, 2.75) is 18.2 Å². The summed E-state index contributed by atoms with van der Waals surface area (Å²) in [6.07, 6.45) is 0.448. The van der Waals surface area contributed by atoms with Crippen LogP contribution in [0.3, 0.4) is 0 Å². The molecule has 0 bridgehead atoms. The van der Waals surface area contributed by atoms with E-state index in [9.17, 15) is 13.2 Å². The molecule has 26 heavy (non-hydrogen) atoms. The zero-order chi connectivity index (χ0) is 19.2. The summed E-state index contributed by atoms with van der Waals surface area (Å²) >= 11 is 0. The highest BCUT2D eigenvalue weighted by Gasteiger charge is 2.14. The van der Waals surface area contributed by atoms with Crippen molar-refractivity contribution in [2.24, 2.45) is 0 Å². The summed E-state index contributed by atoms with van der Waals surface area (Å²) in [5, 5.41) is 2.59. The number of carbonyl (C=O) groups is 1. The van der Waals surface area contributed by atoms with E-state index < -0.39 is 10.0 Å². The Bertz CT molecular complexity index is 864. The van der Waals surface area contributed by atoms with Gasteiger partial charge in [-0.25, -0.2) is 13.1 Å². The maximum atomic E-state index is 12.4. The van der Waals surface area contributed by atoms with Crippen molar-refractivity contribution in [3.63, 3.8) is 0 Å². The van der Waals surface area contributed by atoms with Gasteiger partial charge in [0.25, 0.3) is 0 Å². The molecule has 0 saturated carbocycles. The van der Waals surface area contributed by atoms with Crippen LogP contribution in [0.25, 0.3) is 0 Å². The molecule has 0 aliphatic carbocycles. The average Bonchev–Trinajstić information content (AvgIpc) is 2.61. The van der Waals surface area contributed by atoms with Gasteiger partial charge < -0.3 is 14.8 Å². The molecule has 0 aliphatic rings. The minimum absolute atomic E-state index is 0.129. The molecule has 0 fully saturated rings. The topological polar surface area (TPSA) is 93.7 Å². The molecule has 0 unspecified atom stereocenters. The number of sulfonamides is 1. The summed E-state index contributed by atoms with van der Waals surface area (Å²) in [5.74, 6) is 1.13. The molecule has 0 saturated heterocycles. The summed E-state index contributed by atoms with van der Waals surface area (Å²) in [6.45, 7) is 1.60. The molecule has 7 nitrogen and oxygen atoms in total. The lowest BCUT2D eigenvalue weighted by atomic mass is 10.1. The van der Waals surface area contributed by atoms with Crippen LogP contribution < -0.4 is 19.5 Å². The number of carbonyl (C=O) groups excluding carboxylic acids is 1. The molecule has 0 radical (unpaired) electrons. The molecule has 0 aromatic heterocycles. The molecule has 2 N–H and O–H groups in total. The number of hydrogen-bond donors (Lipinski definition) is 2. The van der Waals surface area contributed by atoms with Crippen LogP contribution in [0, 0.1) is 0 Å². The number of methoxy groups -OCH3 is 2. The number of ether oxygens (including phenoxy) is 2. The van der Waals surface area contributed by atoms with Gasteiger partial charge in [0.15, 0.2) is 0 Å². The molecular formula is C18H22N2O5S. The molecule has 0 aliphatic heterocycles. The van der Waals surface area contributed by atoms with E-state index >= 15 is 0 Å². The predicted molar refractivity (Wildman–Crippen MR) is 99.2 cm³/mol. The first kappa shape index (κ1) is 19.7. The summed E-state index contributed by atoms with van der Waals surface area (Å²) < 4.78 is 37.8. The Morgan fingerprint density at radius 2 is 1.73 bits per heavy atom. The van der Waals surface area contributed by atoms with Crippen molar-refractivity contribution in [3.8, 4) is 11.5 Å². The third-order valence-electron chi connectivity index (χ3n) is 3.66. The van der Waals surface area contributed by atoms with Crippen LogP contribution in [-0.4, -0.2) is 35.1 Å². The van der Waals surface area contributed by atoms with E-state index in [1.807, 2.05) is 6.07 Å². The lowest BCUT2D eigenvalue weighted by Crippen LogP contribution is -2.26. The fourth-order valence-corrected chi connectivity index (χ4v) is 3.43. The van der Waals surface area contributed by atoms with Gasteiger partial charge in [0, 0.05) is 19.2 Å². The Balaban J connectivity index is 2.03. The fourth-order valence-electron chi connectivity index (χ4n) is 2.40. The molecule has 0 spiro atoms. The van der Waals surface area contributed by atoms with Gasteiger partial charge in [-0.15, -0.1) is 0 Å². The summed E-state index contributed by atoms with van der Waals surface area (Å²) in [4.78, 5) is 11.1. The molecule has 1 amide bonds. The van der Waals surface area contributed by atoms with Crippen LogP contribution in [0.5, 0.6) is 11.5 Å². The van der Waals surface area contributed by atoms with Gasteiger partial charge in [-0.2, -0.15) is 0 Å². The Morgan fingerprint density at radius 3 is 2.31 bits per heavy atom. The largest absolute Gasteiger partial charge is 0.497 e. The zero-order valence-electron chi connectivity index (χ0n) is 14.9. The highest BCUT2D eigenvalue weighted by Crippen LogP contribution is 2.24. The third-order valence-corrected chi connectivity index (χ3v) is 5.14. The number of nitrogens with one attached hydrogen (secondary N) is 2. The van der Waals surface area contributed by atoms with Crippen molar-refractivity contribution in [3.05, 3.63) is 48.0 Å². The summed E-state index contributed by atoms with van der Waals surface area (Å²) in [6, 6.07) is 11.4. The smallest absolute Gasteiger partial charge is 0.240 e.